The van der Waals surface area contributed by atoms with Crippen LogP contribution in [0.5, 0.6) is 0 Å². The summed E-state index contributed by atoms with van der Waals surface area (Å²) < 4.78 is 11.4. The Balaban J connectivity index is 1.66. The Hall–Kier alpha value is -0.570. The van der Waals surface area contributed by atoms with Crippen molar-refractivity contribution < 1.29 is 14.3 Å². The Kier molecular flexibility index (Phi) is 7.01. The van der Waals surface area contributed by atoms with Crippen molar-refractivity contribution in [3.8, 4) is 0 Å². The molecule has 3 nitrogen and oxygen atoms in total. The normalized spacial score (nSPS) is 33.6. The fourth-order valence-electron chi connectivity index (χ4n) is 3.91. The van der Waals surface area contributed by atoms with Crippen LogP contribution in [-0.2, 0) is 14.3 Å². The van der Waals surface area contributed by atoms with Crippen LogP contribution in [0.3, 0.4) is 0 Å². The SMILES string of the molecule is CCCC1CCC(C(=O)OC2CCC(OCC)CC2)CC1. The van der Waals surface area contributed by atoms with Gasteiger partial charge in [-0.05, 0) is 64.2 Å². The Bertz CT molecular complexity index is 300. The van der Waals surface area contributed by atoms with Crippen molar-refractivity contribution in [3.63, 3.8) is 0 Å². The first-order valence-electron chi connectivity index (χ1n) is 9.05. The zero-order chi connectivity index (χ0) is 15.1. The van der Waals surface area contributed by atoms with E-state index in [-0.39, 0.29) is 18.0 Å². The highest BCUT2D eigenvalue weighted by Gasteiger charge is 2.30. The van der Waals surface area contributed by atoms with Crippen LogP contribution < -0.4 is 0 Å². The zero-order valence-corrected chi connectivity index (χ0v) is 13.8. The molecule has 0 saturated heterocycles. The molecule has 0 unspecified atom stereocenters. The predicted molar refractivity (Wildman–Crippen MR) is 84.1 cm³/mol. The maximum Gasteiger partial charge on any atom is 0.309 e. The third kappa shape index (κ3) is 5.28. The number of carbonyl (C=O) groups is 1. The number of esters is 1. The fraction of sp³-hybridized carbons (Fsp3) is 0.944. The van der Waals surface area contributed by atoms with Crippen LogP contribution in [0.1, 0.15) is 78.1 Å². The van der Waals surface area contributed by atoms with Crippen molar-refractivity contribution in [2.24, 2.45) is 11.8 Å². The van der Waals surface area contributed by atoms with Gasteiger partial charge in [0, 0.05) is 6.61 Å². The molecule has 0 N–H and O–H groups in total. The number of hydrogen-bond acceptors (Lipinski definition) is 3. The van der Waals surface area contributed by atoms with Gasteiger partial charge in [-0.25, -0.2) is 0 Å². The van der Waals surface area contributed by atoms with Gasteiger partial charge in [0.25, 0.3) is 0 Å². The molecule has 3 heteroatoms. The average molecular weight is 296 g/mol. The molecule has 122 valence electrons. The molecular formula is C18H32O3. The first-order valence-corrected chi connectivity index (χ1v) is 9.05. The van der Waals surface area contributed by atoms with Crippen LogP contribution in [0.2, 0.25) is 0 Å². The molecule has 2 rings (SSSR count). The lowest BCUT2D eigenvalue weighted by Crippen LogP contribution is -2.31. The summed E-state index contributed by atoms with van der Waals surface area (Å²) in [5.74, 6) is 1.09. The third-order valence-electron chi connectivity index (χ3n) is 5.18. The van der Waals surface area contributed by atoms with Crippen LogP contribution >= 0.6 is 0 Å². The van der Waals surface area contributed by atoms with Gasteiger partial charge in [0.1, 0.15) is 6.10 Å². The molecular weight excluding hydrogens is 264 g/mol. The smallest absolute Gasteiger partial charge is 0.309 e. The second-order valence-corrected chi connectivity index (χ2v) is 6.80. The summed E-state index contributed by atoms with van der Waals surface area (Å²) in [7, 11) is 0. The van der Waals surface area contributed by atoms with E-state index in [0.29, 0.717) is 6.10 Å². The van der Waals surface area contributed by atoms with Gasteiger partial charge in [-0.1, -0.05) is 19.8 Å². The van der Waals surface area contributed by atoms with Crippen LogP contribution in [0, 0.1) is 11.8 Å². The largest absolute Gasteiger partial charge is 0.462 e. The summed E-state index contributed by atoms with van der Waals surface area (Å²) in [6.07, 6.45) is 11.6. The number of hydrogen-bond donors (Lipinski definition) is 0. The Labute approximate surface area is 129 Å². The Morgan fingerprint density at radius 3 is 2.10 bits per heavy atom. The van der Waals surface area contributed by atoms with Crippen LogP contribution in [0.4, 0.5) is 0 Å². The molecule has 0 aromatic heterocycles. The van der Waals surface area contributed by atoms with E-state index in [1.165, 1.54) is 25.7 Å². The van der Waals surface area contributed by atoms with Crippen molar-refractivity contribution in [1.82, 2.24) is 0 Å². The standard InChI is InChI=1S/C18H32O3/c1-3-5-14-6-8-15(9-7-14)18(19)21-17-12-10-16(11-13-17)20-4-2/h14-17H,3-13H2,1-2H3. The molecule has 2 aliphatic rings. The lowest BCUT2D eigenvalue weighted by Gasteiger charge is -2.31. The molecule has 0 amide bonds. The summed E-state index contributed by atoms with van der Waals surface area (Å²) >= 11 is 0. The van der Waals surface area contributed by atoms with Gasteiger partial charge in [-0.3, -0.25) is 4.79 Å². The highest BCUT2D eigenvalue weighted by atomic mass is 16.5. The van der Waals surface area contributed by atoms with Crippen molar-refractivity contribution in [1.29, 1.82) is 0 Å². The summed E-state index contributed by atoms with van der Waals surface area (Å²) in [6, 6.07) is 0. The lowest BCUT2D eigenvalue weighted by molar-refractivity contribution is -0.158. The maximum atomic E-state index is 12.3. The van der Waals surface area contributed by atoms with Crippen molar-refractivity contribution >= 4 is 5.97 Å². The van der Waals surface area contributed by atoms with Gasteiger partial charge in [0.05, 0.1) is 12.0 Å². The van der Waals surface area contributed by atoms with E-state index in [2.05, 4.69) is 6.92 Å². The summed E-state index contributed by atoms with van der Waals surface area (Å²) in [6.45, 7) is 5.08. The second kappa shape index (κ2) is 8.77. The van der Waals surface area contributed by atoms with Crippen LogP contribution in [0.25, 0.3) is 0 Å². The van der Waals surface area contributed by atoms with Gasteiger partial charge in [-0.2, -0.15) is 0 Å². The molecule has 0 radical (unpaired) electrons. The molecule has 0 heterocycles. The Morgan fingerprint density at radius 1 is 0.905 bits per heavy atom. The highest BCUT2D eigenvalue weighted by Crippen LogP contribution is 2.33. The van der Waals surface area contributed by atoms with Gasteiger partial charge < -0.3 is 9.47 Å². The molecule has 2 aliphatic carbocycles. The summed E-state index contributed by atoms with van der Waals surface area (Å²) in [5.41, 5.74) is 0. The first kappa shape index (κ1) is 16.8. The van der Waals surface area contributed by atoms with E-state index in [9.17, 15) is 4.79 Å². The topological polar surface area (TPSA) is 35.5 Å². The summed E-state index contributed by atoms with van der Waals surface area (Å²) in [4.78, 5) is 12.3. The van der Waals surface area contributed by atoms with E-state index in [1.807, 2.05) is 6.92 Å². The number of ether oxygens (including phenoxy) is 2. The maximum absolute atomic E-state index is 12.3. The molecule has 0 aromatic rings. The molecule has 0 aliphatic heterocycles. The zero-order valence-electron chi connectivity index (χ0n) is 13.8. The molecule has 0 bridgehead atoms. The third-order valence-corrected chi connectivity index (χ3v) is 5.18. The van der Waals surface area contributed by atoms with E-state index in [0.717, 1.165) is 51.0 Å². The Morgan fingerprint density at radius 2 is 1.52 bits per heavy atom. The molecule has 2 fully saturated rings. The van der Waals surface area contributed by atoms with Crippen molar-refractivity contribution in [3.05, 3.63) is 0 Å². The van der Waals surface area contributed by atoms with Gasteiger partial charge in [0.2, 0.25) is 0 Å². The molecule has 0 spiro atoms. The molecule has 21 heavy (non-hydrogen) atoms. The monoisotopic (exact) mass is 296 g/mol. The minimum Gasteiger partial charge on any atom is -0.462 e. The highest BCUT2D eigenvalue weighted by molar-refractivity contribution is 5.72. The quantitative estimate of drug-likeness (QED) is 0.678. The minimum absolute atomic E-state index is 0.0739. The molecule has 0 aromatic carbocycles. The van der Waals surface area contributed by atoms with Gasteiger partial charge >= 0.3 is 5.97 Å². The van der Waals surface area contributed by atoms with Crippen molar-refractivity contribution in [2.45, 2.75) is 90.3 Å². The van der Waals surface area contributed by atoms with E-state index < -0.39 is 0 Å². The predicted octanol–water partition coefficient (Wildman–Crippen LogP) is 4.48. The molecule has 2 saturated carbocycles. The second-order valence-electron chi connectivity index (χ2n) is 6.80. The van der Waals surface area contributed by atoms with E-state index in [1.54, 1.807) is 0 Å². The summed E-state index contributed by atoms with van der Waals surface area (Å²) in [5, 5.41) is 0. The van der Waals surface area contributed by atoms with Crippen molar-refractivity contribution in [2.75, 3.05) is 6.61 Å². The van der Waals surface area contributed by atoms with E-state index >= 15 is 0 Å². The van der Waals surface area contributed by atoms with Gasteiger partial charge in [-0.15, -0.1) is 0 Å². The number of rotatable bonds is 6. The van der Waals surface area contributed by atoms with Gasteiger partial charge in [0.15, 0.2) is 0 Å². The molecule has 0 atom stereocenters. The average Bonchev–Trinajstić information content (AvgIpc) is 2.50. The lowest BCUT2D eigenvalue weighted by atomic mass is 9.80. The van der Waals surface area contributed by atoms with Crippen LogP contribution in [-0.4, -0.2) is 24.8 Å². The first-order chi connectivity index (χ1) is 10.2. The fourth-order valence-corrected chi connectivity index (χ4v) is 3.91. The van der Waals surface area contributed by atoms with Crippen LogP contribution in [0.15, 0.2) is 0 Å². The minimum atomic E-state index is 0.0739. The van der Waals surface area contributed by atoms with E-state index in [4.69, 9.17) is 9.47 Å². The number of carbonyl (C=O) groups excluding carboxylic acids is 1.